The Balaban J connectivity index is 1.66. The molecule has 0 spiro atoms. The van der Waals surface area contributed by atoms with Crippen LogP contribution in [0.5, 0.6) is 11.5 Å². The summed E-state index contributed by atoms with van der Waals surface area (Å²) in [7, 11) is 2.09. The van der Waals surface area contributed by atoms with Crippen molar-refractivity contribution in [1.82, 2.24) is 9.80 Å². The second kappa shape index (κ2) is 5.71. The minimum absolute atomic E-state index is 0.0369. The van der Waals surface area contributed by atoms with Gasteiger partial charge in [-0.2, -0.15) is 0 Å². The number of hydrogen-bond donors (Lipinski definition) is 0. The largest absolute Gasteiger partial charge is 0.485 e. The van der Waals surface area contributed by atoms with Crippen molar-refractivity contribution in [3.05, 3.63) is 24.3 Å². The summed E-state index contributed by atoms with van der Waals surface area (Å²) < 4.78 is 11.4. The Kier molecular flexibility index (Phi) is 3.78. The third-order valence-corrected chi connectivity index (χ3v) is 3.82. The number of carbonyl (C=O) groups excluding carboxylic acids is 1. The highest BCUT2D eigenvalue weighted by Gasteiger charge is 2.31. The minimum Gasteiger partial charge on any atom is -0.485 e. The SMILES string of the molecule is CN1CCCN(C(=O)C2COc3ccccc3O2)CC1. The summed E-state index contributed by atoms with van der Waals surface area (Å²) in [5.74, 6) is 1.41. The van der Waals surface area contributed by atoms with Crippen molar-refractivity contribution >= 4 is 5.91 Å². The molecule has 2 aliphatic rings. The lowest BCUT2D eigenvalue weighted by molar-refractivity contribution is -0.141. The molecule has 0 radical (unpaired) electrons. The molecule has 5 nitrogen and oxygen atoms in total. The molecule has 1 saturated heterocycles. The van der Waals surface area contributed by atoms with Gasteiger partial charge in [0.15, 0.2) is 11.5 Å². The van der Waals surface area contributed by atoms with Crippen LogP contribution in [-0.2, 0) is 4.79 Å². The molecular weight excluding hydrogens is 256 g/mol. The van der Waals surface area contributed by atoms with Gasteiger partial charge in [0.1, 0.15) is 6.61 Å². The highest BCUT2D eigenvalue weighted by atomic mass is 16.6. The van der Waals surface area contributed by atoms with Gasteiger partial charge < -0.3 is 19.3 Å². The third-order valence-electron chi connectivity index (χ3n) is 3.82. The third kappa shape index (κ3) is 2.72. The highest BCUT2D eigenvalue weighted by Crippen LogP contribution is 2.31. The first kappa shape index (κ1) is 13.2. The molecule has 0 saturated carbocycles. The van der Waals surface area contributed by atoms with Crippen LogP contribution in [0.15, 0.2) is 24.3 Å². The molecule has 2 aliphatic heterocycles. The van der Waals surface area contributed by atoms with Crippen LogP contribution in [0, 0.1) is 0 Å². The maximum absolute atomic E-state index is 12.5. The zero-order chi connectivity index (χ0) is 13.9. The topological polar surface area (TPSA) is 42.0 Å². The van der Waals surface area contributed by atoms with E-state index in [-0.39, 0.29) is 5.91 Å². The number of amides is 1. The molecule has 1 atom stereocenters. The minimum atomic E-state index is -0.520. The predicted octanol–water partition coefficient (Wildman–Crippen LogP) is 0.990. The monoisotopic (exact) mass is 276 g/mol. The van der Waals surface area contributed by atoms with Gasteiger partial charge in [-0.05, 0) is 32.1 Å². The Morgan fingerprint density at radius 3 is 2.80 bits per heavy atom. The van der Waals surface area contributed by atoms with E-state index in [2.05, 4.69) is 11.9 Å². The van der Waals surface area contributed by atoms with E-state index in [0.29, 0.717) is 18.1 Å². The zero-order valence-electron chi connectivity index (χ0n) is 11.7. The summed E-state index contributed by atoms with van der Waals surface area (Å²) in [6, 6.07) is 7.48. The van der Waals surface area contributed by atoms with Gasteiger partial charge in [0, 0.05) is 19.6 Å². The molecule has 0 N–H and O–H groups in total. The molecule has 0 aromatic heterocycles. The second-order valence-electron chi connectivity index (χ2n) is 5.35. The van der Waals surface area contributed by atoms with Crippen LogP contribution in [0.1, 0.15) is 6.42 Å². The maximum Gasteiger partial charge on any atom is 0.267 e. The van der Waals surface area contributed by atoms with Crippen LogP contribution in [0.2, 0.25) is 0 Å². The molecule has 2 heterocycles. The fraction of sp³-hybridized carbons (Fsp3) is 0.533. The lowest BCUT2D eigenvalue weighted by atomic mass is 10.2. The van der Waals surface area contributed by atoms with Gasteiger partial charge in [0.2, 0.25) is 6.10 Å². The van der Waals surface area contributed by atoms with Crippen LogP contribution in [0.25, 0.3) is 0 Å². The van der Waals surface area contributed by atoms with Crippen molar-refractivity contribution in [1.29, 1.82) is 0 Å². The standard InChI is InChI=1S/C15H20N2O3/c1-16-7-4-8-17(10-9-16)15(18)14-11-19-12-5-2-3-6-13(12)20-14/h2-3,5-6,14H,4,7-11H2,1H3. The van der Waals surface area contributed by atoms with Gasteiger partial charge >= 0.3 is 0 Å². The number of benzene rings is 1. The predicted molar refractivity (Wildman–Crippen MR) is 75.0 cm³/mol. The van der Waals surface area contributed by atoms with E-state index < -0.39 is 6.10 Å². The molecule has 1 aromatic rings. The fourth-order valence-corrected chi connectivity index (χ4v) is 2.61. The lowest BCUT2D eigenvalue weighted by Gasteiger charge is -2.30. The normalized spacial score (nSPS) is 23.2. The van der Waals surface area contributed by atoms with E-state index in [0.717, 1.165) is 32.6 Å². The quantitative estimate of drug-likeness (QED) is 0.767. The molecule has 5 heteroatoms. The molecule has 0 bridgehead atoms. The summed E-state index contributed by atoms with van der Waals surface area (Å²) in [5.41, 5.74) is 0. The first-order valence-corrected chi connectivity index (χ1v) is 7.10. The number of hydrogen-bond acceptors (Lipinski definition) is 4. The lowest BCUT2D eigenvalue weighted by Crippen LogP contribution is -2.47. The average molecular weight is 276 g/mol. The Morgan fingerprint density at radius 2 is 1.95 bits per heavy atom. The van der Waals surface area contributed by atoms with Crippen molar-refractivity contribution in [2.45, 2.75) is 12.5 Å². The maximum atomic E-state index is 12.5. The van der Waals surface area contributed by atoms with E-state index in [1.54, 1.807) is 0 Å². The van der Waals surface area contributed by atoms with Crippen LogP contribution in [-0.4, -0.2) is 61.6 Å². The van der Waals surface area contributed by atoms with Gasteiger partial charge in [0.05, 0.1) is 0 Å². The molecule has 20 heavy (non-hydrogen) atoms. The first-order valence-electron chi connectivity index (χ1n) is 7.10. The number of nitrogens with zero attached hydrogens (tertiary/aromatic N) is 2. The Morgan fingerprint density at radius 1 is 1.15 bits per heavy atom. The van der Waals surface area contributed by atoms with Gasteiger partial charge in [-0.15, -0.1) is 0 Å². The van der Waals surface area contributed by atoms with Crippen molar-refractivity contribution in [3.63, 3.8) is 0 Å². The van der Waals surface area contributed by atoms with Crippen LogP contribution >= 0.6 is 0 Å². The molecular formula is C15H20N2O3. The van der Waals surface area contributed by atoms with Crippen molar-refractivity contribution < 1.29 is 14.3 Å². The molecule has 3 rings (SSSR count). The smallest absolute Gasteiger partial charge is 0.267 e. The van der Waals surface area contributed by atoms with Gasteiger partial charge in [0.25, 0.3) is 5.91 Å². The van der Waals surface area contributed by atoms with E-state index in [1.165, 1.54) is 0 Å². The van der Waals surface area contributed by atoms with Crippen LogP contribution in [0.4, 0.5) is 0 Å². The molecule has 1 fully saturated rings. The highest BCUT2D eigenvalue weighted by molar-refractivity contribution is 5.82. The fourth-order valence-electron chi connectivity index (χ4n) is 2.61. The van der Waals surface area contributed by atoms with E-state index >= 15 is 0 Å². The summed E-state index contributed by atoms with van der Waals surface area (Å²) in [4.78, 5) is 16.7. The summed E-state index contributed by atoms with van der Waals surface area (Å²) in [5, 5.41) is 0. The molecule has 0 aliphatic carbocycles. The van der Waals surface area contributed by atoms with Crippen molar-refractivity contribution in [2.24, 2.45) is 0 Å². The van der Waals surface area contributed by atoms with Gasteiger partial charge in [-0.3, -0.25) is 4.79 Å². The number of carbonyl (C=O) groups is 1. The Bertz CT molecular complexity index is 492. The molecule has 1 unspecified atom stereocenters. The van der Waals surface area contributed by atoms with E-state index in [9.17, 15) is 4.79 Å². The molecule has 108 valence electrons. The number of likely N-dealkylation sites (N-methyl/N-ethyl adjacent to an activating group) is 1. The number of para-hydroxylation sites is 2. The second-order valence-corrected chi connectivity index (χ2v) is 5.35. The number of ether oxygens (including phenoxy) is 2. The van der Waals surface area contributed by atoms with E-state index in [1.807, 2.05) is 29.2 Å². The first-order chi connectivity index (χ1) is 9.74. The average Bonchev–Trinajstić information content (AvgIpc) is 2.71. The van der Waals surface area contributed by atoms with Gasteiger partial charge in [-0.1, -0.05) is 12.1 Å². The Hall–Kier alpha value is -1.75. The van der Waals surface area contributed by atoms with E-state index in [4.69, 9.17) is 9.47 Å². The summed E-state index contributed by atoms with van der Waals surface area (Å²) in [6.07, 6.45) is 0.486. The molecule has 1 aromatic carbocycles. The number of fused-ring (bicyclic) bond motifs is 1. The van der Waals surface area contributed by atoms with Crippen LogP contribution in [0.3, 0.4) is 0 Å². The van der Waals surface area contributed by atoms with Crippen LogP contribution < -0.4 is 9.47 Å². The van der Waals surface area contributed by atoms with Gasteiger partial charge in [-0.25, -0.2) is 0 Å². The summed E-state index contributed by atoms with van der Waals surface area (Å²) >= 11 is 0. The Labute approximate surface area is 119 Å². The molecule has 1 amide bonds. The zero-order valence-corrected chi connectivity index (χ0v) is 11.7. The van der Waals surface area contributed by atoms with Crippen molar-refractivity contribution in [3.8, 4) is 11.5 Å². The summed E-state index contributed by atoms with van der Waals surface area (Å²) in [6.45, 7) is 3.80. The number of rotatable bonds is 1. The van der Waals surface area contributed by atoms with Crippen molar-refractivity contribution in [2.75, 3.05) is 39.8 Å².